The first-order chi connectivity index (χ1) is 11.5. The highest BCUT2D eigenvalue weighted by Crippen LogP contribution is 2.48. The van der Waals surface area contributed by atoms with Gasteiger partial charge in [-0.3, -0.25) is 5.32 Å². The Morgan fingerprint density at radius 1 is 1.54 bits per heavy atom. The minimum absolute atomic E-state index is 0.141. The van der Waals surface area contributed by atoms with Gasteiger partial charge in [0.2, 0.25) is 0 Å². The van der Waals surface area contributed by atoms with Gasteiger partial charge in [-0.05, 0) is 13.3 Å². The van der Waals surface area contributed by atoms with Crippen LogP contribution >= 0.6 is 11.8 Å². The van der Waals surface area contributed by atoms with Gasteiger partial charge in [-0.15, -0.1) is 11.8 Å². The number of carboxylic acids is 1. The van der Waals surface area contributed by atoms with Crippen molar-refractivity contribution < 1.29 is 19.7 Å². The number of aliphatic hydroxyl groups excluding tert-OH is 1. The zero-order valence-electron chi connectivity index (χ0n) is 14.0. The summed E-state index contributed by atoms with van der Waals surface area (Å²) < 4.78 is 2.17. The maximum atomic E-state index is 11.8. The van der Waals surface area contributed by atoms with Crippen LogP contribution < -0.4 is 10.4 Å². The highest BCUT2D eigenvalue weighted by molar-refractivity contribution is 8.03. The third-order valence-electron chi connectivity index (χ3n) is 5.74. The second-order valence-electron chi connectivity index (χ2n) is 7.29. The molecule has 0 aromatic heterocycles. The first kappa shape index (κ1) is 16.1. The summed E-state index contributed by atoms with van der Waals surface area (Å²) in [6, 6.07) is 0.176. The number of nitrogens with one attached hydrogen (secondary N) is 1. The number of rotatable bonds is 4. The van der Waals surface area contributed by atoms with E-state index in [1.165, 1.54) is 0 Å². The number of hydrogen-bond acceptors (Lipinski definition) is 7. The van der Waals surface area contributed by atoms with Gasteiger partial charge in [0, 0.05) is 29.3 Å². The summed E-state index contributed by atoms with van der Waals surface area (Å²) in [5, 5.41) is 27.5. The van der Waals surface area contributed by atoms with Crippen LogP contribution in [0.25, 0.3) is 0 Å². The van der Waals surface area contributed by atoms with Crippen molar-refractivity contribution in [3.63, 3.8) is 0 Å². The van der Waals surface area contributed by atoms with Crippen LogP contribution in [0, 0.1) is 11.8 Å². The zero-order chi connectivity index (χ0) is 17.0. The molecule has 24 heavy (non-hydrogen) atoms. The molecule has 7 nitrogen and oxygen atoms in total. The standard InChI is InChI=1S/C16H24N4O3S/c1-9-13-3-11(10(2)21)4-20(13)14(16(22)23)15(9)24-12-5-18-7-17-8-19(18)6-12/h7,9-13,21H,3-6,8H2,1-2H3,(H,22,23). The largest absolute Gasteiger partial charge is 0.543 e. The number of nitrogens with zero attached hydrogens (tertiary/aromatic N) is 3. The third kappa shape index (κ3) is 2.47. The van der Waals surface area contributed by atoms with Gasteiger partial charge in [-0.2, -0.15) is 4.68 Å². The lowest BCUT2D eigenvalue weighted by Crippen LogP contribution is -2.36. The Kier molecular flexibility index (Phi) is 3.91. The van der Waals surface area contributed by atoms with Crippen molar-refractivity contribution in [3.05, 3.63) is 10.6 Å². The van der Waals surface area contributed by atoms with Gasteiger partial charge in [0.15, 0.2) is 6.67 Å². The van der Waals surface area contributed by atoms with Gasteiger partial charge in [-0.25, -0.2) is 5.01 Å². The predicted octanol–water partition coefficient (Wildman–Crippen LogP) is -1.40. The minimum atomic E-state index is -1.08. The molecule has 0 aliphatic carbocycles. The molecule has 5 atom stereocenters. The number of aliphatic hydroxyl groups is 1. The van der Waals surface area contributed by atoms with E-state index in [0.717, 1.165) is 31.1 Å². The van der Waals surface area contributed by atoms with E-state index < -0.39 is 12.1 Å². The average Bonchev–Trinajstić information content (AvgIpc) is 3.21. The number of fused-ring (bicyclic) bond motifs is 2. The lowest BCUT2D eigenvalue weighted by atomic mass is 9.94. The highest BCUT2D eigenvalue weighted by atomic mass is 32.2. The number of carbonyl (C=O) groups is 1. The van der Waals surface area contributed by atoms with Gasteiger partial charge in [0.05, 0.1) is 29.6 Å². The Morgan fingerprint density at radius 3 is 3.00 bits per heavy atom. The number of thioether (sulfide) groups is 1. The summed E-state index contributed by atoms with van der Waals surface area (Å²) in [5.41, 5.74) is 0.366. The fourth-order valence-electron chi connectivity index (χ4n) is 4.41. The Morgan fingerprint density at radius 2 is 2.33 bits per heavy atom. The van der Waals surface area contributed by atoms with Gasteiger partial charge < -0.3 is 19.9 Å². The SMILES string of the molecule is CC(O)C1CC2C(C)C(SC3CN4CNC=[N+]4C3)=C(C(=O)[O-])N2C1. The first-order valence-corrected chi connectivity index (χ1v) is 9.48. The average molecular weight is 352 g/mol. The van der Waals surface area contributed by atoms with Gasteiger partial charge in [0.1, 0.15) is 6.54 Å². The number of carboxylic acid groups (broad SMARTS) is 1. The van der Waals surface area contributed by atoms with Crippen molar-refractivity contribution in [3.8, 4) is 0 Å². The summed E-state index contributed by atoms with van der Waals surface area (Å²) in [6.07, 6.45) is 2.43. The van der Waals surface area contributed by atoms with Crippen LogP contribution in [-0.2, 0) is 4.79 Å². The van der Waals surface area contributed by atoms with E-state index in [0.29, 0.717) is 17.5 Å². The summed E-state index contributed by atoms with van der Waals surface area (Å²) in [7, 11) is 0. The Labute approximate surface area is 146 Å². The lowest BCUT2D eigenvalue weighted by Gasteiger charge is -2.24. The number of carbonyl (C=O) groups excluding carboxylic acids is 1. The van der Waals surface area contributed by atoms with Crippen LogP contribution in [0.3, 0.4) is 0 Å². The molecule has 4 heterocycles. The molecule has 4 aliphatic rings. The normalized spacial score (nSPS) is 35.9. The maximum Gasteiger partial charge on any atom is 0.257 e. The van der Waals surface area contributed by atoms with Crippen molar-refractivity contribution in [2.24, 2.45) is 11.8 Å². The Hall–Kier alpha value is -1.41. The van der Waals surface area contributed by atoms with E-state index in [1.807, 2.05) is 11.2 Å². The van der Waals surface area contributed by atoms with E-state index in [9.17, 15) is 15.0 Å². The second kappa shape index (κ2) is 5.84. The summed E-state index contributed by atoms with van der Waals surface area (Å²) in [5.74, 6) is -0.758. The molecule has 2 saturated heterocycles. The molecule has 4 aliphatic heterocycles. The van der Waals surface area contributed by atoms with Crippen LogP contribution in [0.15, 0.2) is 10.6 Å². The van der Waals surface area contributed by atoms with Gasteiger partial charge >= 0.3 is 0 Å². The fourth-order valence-corrected chi connectivity index (χ4v) is 5.93. The molecule has 8 heteroatoms. The molecule has 0 bridgehead atoms. The smallest absolute Gasteiger partial charge is 0.257 e. The van der Waals surface area contributed by atoms with Gasteiger partial charge in [0.25, 0.3) is 6.34 Å². The van der Waals surface area contributed by atoms with E-state index in [1.54, 1.807) is 18.7 Å². The second-order valence-corrected chi connectivity index (χ2v) is 8.63. The quantitative estimate of drug-likeness (QED) is 0.603. The van der Waals surface area contributed by atoms with Crippen LogP contribution in [-0.4, -0.2) is 75.7 Å². The third-order valence-corrected chi connectivity index (χ3v) is 7.19. The van der Waals surface area contributed by atoms with Crippen molar-refractivity contribution in [1.29, 1.82) is 0 Å². The summed E-state index contributed by atoms with van der Waals surface area (Å²) >= 11 is 1.71. The van der Waals surface area contributed by atoms with E-state index in [2.05, 4.69) is 21.9 Å². The highest BCUT2D eigenvalue weighted by Gasteiger charge is 2.47. The number of hydrogen-bond donors (Lipinski definition) is 2. The van der Waals surface area contributed by atoms with Crippen LogP contribution in [0.5, 0.6) is 0 Å². The summed E-state index contributed by atoms with van der Waals surface area (Å²) in [4.78, 5) is 14.8. The molecule has 132 valence electrons. The van der Waals surface area contributed by atoms with E-state index >= 15 is 0 Å². The summed E-state index contributed by atoms with van der Waals surface area (Å²) in [6.45, 7) is 7.16. The topological polar surface area (TPSA) is 81.9 Å². The molecule has 0 spiro atoms. The predicted molar refractivity (Wildman–Crippen MR) is 88.8 cm³/mol. The molecule has 0 radical (unpaired) electrons. The van der Waals surface area contributed by atoms with E-state index in [4.69, 9.17) is 0 Å². The molecule has 0 amide bonds. The Bertz CT molecular complexity index is 620. The van der Waals surface area contributed by atoms with Crippen molar-refractivity contribution >= 4 is 24.1 Å². The van der Waals surface area contributed by atoms with Crippen LogP contribution in [0.1, 0.15) is 20.3 Å². The molecule has 0 saturated carbocycles. The monoisotopic (exact) mass is 352 g/mol. The van der Waals surface area contributed by atoms with Crippen molar-refractivity contribution in [2.45, 2.75) is 37.7 Å². The molecule has 2 N–H and O–H groups in total. The molecular formula is C16H24N4O3S. The minimum Gasteiger partial charge on any atom is -0.543 e. The van der Waals surface area contributed by atoms with Crippen LogP contribution in [0.4, 0.5) is 0 Å². The first-order valence-electron chi connectivity index (χ1n) is 8.60. The Balaban J connectivity index is 1.55. The molecule has 4 rings (SSSR count). The van der Waals surface area contributed by atoms with Gasteiger partial charge in [-0.1, -0.05) is 6.92 Å². The maximum absolute atomic E-state index is 11.8. The molecule has 0 aromatic carbocycles. The van der Waals surface area contributed by atoms with Crippen molar-refractivity contribution in [1.82, 2.24) is 15.2 Å². The molecule has 2 fully saturated rings. The van der Waals surface area contributed by atoms with Crippen molar-refractivity contribution in [2.75, 3.05) is 26.3 Å². The van der Waals surface area contributed by atoms with E-state index in [-0.39, 0.29) is 17.9 Å². The number of hydrazine groups is 1. The molecule has 5 unspecified atom stereocenters. The molecular weight excluding hydrogens is 328 g/mol. The van der Waals surface area contributed by atoms with Crippen LogP contribution in [0.2, 0.25) is 0 Å². The lowest BCUT2D eigenvalue weighted by molar-refractivity contribution is -0.653. The fraction of sp³-hybridized carbons (Fsp3) is 0.750. The number of hydrazone groups is 1. The zero-order valence-corrected chi connectivity index (χ0v) is 14.8. The number of aliphatic carboxylic acids is 1. The molecule has 0 aromatic rings.